The highest BCUT2D eigenvalue weighted by atomic mass is 32.2. The van der Waals surface area contributed by atoms with Crippen molar-refractivity contribution in [2.75, 3.05) is 12.3 Å². The molecule has 1 N–H and O–H groups in total. The van der Waals surface area contributed by atoms with Crippen LogP contribution in [0.1, 0.15) is 0 Å². The highest BCUT2D eigenvalue weighted by Gasteiger charge is 2.14. The van der Waals surface area contributed by atoms with E-state index in [4.69, 9.17) is 0 Å². The van der Waals surface area contributed by atoms with Crippen molar-refractivity contribution in [1.82, 2.24) is 4.83 Å². The van der Waals surface area contributed by atoms with Gasteiger partial charge in [-0.1, -0.05) is 4.83 Å². The molecular formula is C2H5N2OS+. The zero-order chi connectivity index (χ0) is 4.41. The summed E-state index contributed by atoms with van der Waals surface area (Å²) in [6.07, 6.45) is 0. The van der Waals surface area contributed by atoms with Crippen LogP contribution in [0.25, 0.3) is 0 Å². The van der Waals surface area contributed by atoms with Gasteiger partial charge >= 0.3 is 0 Å². The van der Waals surface area contributed by atoms with Gasteiger partial charge < -0.3 is 0 Å². The van der Waals surface area contributed by atoms with Gasteiger partial charge in [0.15, 0.2) is 0 Å². The third kappa shape index (κ3) is 0.622. The van der Waals surface area contributed by atoms with Gasteiger partial charge in [0.1, 0.15) is 4.87 Å². The molecule has 1 fully saturated rings. The first-order valence-electron chi connectivity index (χ1n) is 1.72. The molecule has 1 aliphatic heterocycles. The number of hydrogen-bond donors (Lipinski definition) is 1. The Hall–Kier alpha value is -0.250. The van der Waals surface area contributed by atoms with Crippen LogP contribution in [0.15, 0.2) is 0 Å². The number of hydrogen-bond acceptors (Lipinski definition) is 2. The lowest BCUT2D eigenvalue weighted by molar-refractivity contribution is -0.571. The van der Waals surface area contributed by atoms with Crippen molar-refractivity contribution in [3.05, 3.63) is 4.91 Å². The van der Waals surface area contributed by atoms with E-state index >= 15 is 0 Å². The summed E-state index contributed by atoms with van der Waals surface area (Å²) in [5.41, 5.74) is 0. The van der Waals surface area contributed by atoms with Crippen LogP contribution in [0, 0.1) is 4.91 Å². The van der Waals surface area contributed by atoms with Gasteiger partial charge in [-0.05, 0) is 0 Å². The summed E-state index contributed by atoms with van der Waals surface area (Å²) >= 11 is 1.45. The van der Waals surface area contributed by atoms with E-state index in [2.05, 4.69) is 4.83 Å². The lowest BCUT2D eigenvalue weighted by atomic mass is 10.8. The van der Waals surface area contributed by atoms with E-state index in [0.29, 0.717) is 6.54 Å². The maximum Gasteiger partial charge on any atom is 0.237 e. The van der Waals surface area contributed by atoms with Gasteiger partial charge in [0, 0.05) is 11.9 Å². The first-order chi connectivity index (χ1) is 2.89. The Bertz CT molecular complexity index is 65.9. The summed E-state index contributed by atoms with van der Waals surface area (Å²) in [6.45, 7) is 0.616. The van der Waals surface area contributed by atoms with Crippen molar-refractivity contribution in [3.63, 3.8) is 0 Å². The number of hydrazine groups is 1. The van der Waals surface area contributed by atoms with Crippen LogP contribution < -0.4 is 4.83 Å². The van der Waals surface area contributed by atoms with Crippen molar-refractivity contribution in [3.8, 4) is 0 Å². The van der Waals surface area contributed by atoms with Gasteiger partial charge in [-0.2, -0.15) is 0 Å². The smallest absolute Gasteiger partial charge is 0.0927 e. The van der Waals surface area contributed by atoms with Crippen LogP contribution in [0.2, 0.25) is 0 Å². The summed E-state index contributed by atoms with van der Waals surface area (Å²) in [5.74, 6) is 0.906. The minimum atomic E-state index is 0.616. The average Bonchev–Trinajstić information content (AvgIpc) is 1.86. The maximum atomic E-state index is 10.0. The molecule has 0 aromatic rings. The molecule has 1 heterocycles. The van der Waals surface area contributed by atoms with E-state index in [0.717, 1.165) is 10.6 Å². The summed E-state index contributed by atoms with van der Waals surface area (Å²) in [6, 6.07) is 0. The quantitative estimate of drug-likeness (QED) is 0.346. The lowest BCUT2D eigenvalue weighted by Crippen LogP contribution is -2.10. The molecule has 3 nitrogen and oxygen atoms in total. The summed E-state index contributed by atoms with van der Waals surface area (Å²) in [4.78, 5) is 13.4. The van der Waals surface area contributed by atoms with E-state index in [9.17, 15) is 4.91 Å². The van der Waals surface area contributed by atoms with Crippen LogP contribution in [0.5, 0.6) is 0 Å². The molecule has 6 heavy (non-hydrogen) atoms. The van der Waals surface area contributed by atoms with Gasteiger partial charge in [-0.3, -0.25) is 0 Å². The third-order valence-corrected chi connectivity index (χ3v) is 1.28. The van der Waals surface area contributed by atoms with Crippen molar-refractivity contribution >= 4 is 11.9 Å². The Balaban J connectivity index is 2.37. The summed E-state index contributed by atoms with van der Waals surface area (Å²) < 4.78 is 0. The molecule has 0 radical (unpaired) electrons. The fraction of sp³-hybridized carbons (Fsp3) is 1.00. The molecule has 1 saturated heterocycles. The predicted octanol–water partition coefficient (Wildman–Crippen LogP) is -0.0683. The Labute approximate surface area is 39.8 Å². The van der Waals surface area contributed by atoms with Crippen LogP contribution in [-0.2, 0) is 0 Å². The molecule has 0 saturated carbocycles. The molecule has 0 amide bonds. The van der Waals surface area contributed by atoms with E-state index in [1.165, 1.54) is 11.9 Å². The summed E-state index contributed by atoms with van der Waals surface area (Å²) in [5, 5.41) is 0. The minimum absolute atomic E-state index is 0.616. The number of nitroso groups, excluding NO2 is 1. The molecule has 0 atom stereocenters. The third-order valence-electron chi connectivity index (χ3n) is 0.563. The van der Waals surface area contributed by atoms with E-state index < -0.39 is 0 Å². The molecule has 0 unspecified atom stereocenters. The first kappa shape index (κ1) is 3.92. The van der Waals surface area contributed by atoms with Crippen LogP contribution in [0.4, 0.5) is 0 Å². The molecule has 1 aliphatic rings. The van der Waals surface area contributed by atoms with Gasteiger partial charge in [-0.15, -0.1) is 0 Å². The lowest BCUT2D eigenvalue weighted by Gasteiger charge is -1.69. The van der Waals surface area contributed by atoms with Gasteiger partial charge in [-0.25, -0.2) is 0 Å². The van der Waals surface area contributed by atoms with E-state index in [-0.39, 0.29) is 0 Å². The van der Waals surface area contributed by atoms with Crippen LogP contribution in [0.3, 0.4) is 0 Å². The Morgan fingerprint density at radius 1 is 1.83 bits per heavy atom. The molecular weight excluding hydrogens is 100 g/mol. The Morgan fingerprint density at radius 2 is 2.67 bits per heavy atom. The standard InChI is InChI=1S/C2H5N2OS/c5-4-1-2-6-3-4/h1-2H2,(H,3,5)/q+1. The highest BCUT2D eigenvalue weighted by Crippen LogP contribution is 1.98. The molecule has 0 aliphatic carbocycles. The number of nitrogens with one attached hydrogen (secondary N) is 1. The van der Waals surface area contributed by atoms with Crippen LogP contribution >= 0.6 is 11.9 Å². The molecule has 0 spiro atoms. The normalized spacial score (nSPS) is 21.0. The molecule has 34 valence electrons. The van der Waals surface area contributed by atoms with E-state index in [1.807, 2.05) is 0 Å². The van der Waals surface area contributed by atoms with Crippen molar-refractivity contribution in [2.45, 2.75) is 0 Å². The largest absolute Gasteiger partial charge is 0.237 e. The number of rotatable bonds is 0. The van der Waals surface area contributed by atoms with Crippen molar-refractivity contribution in [2.24, 2.45) is 0 Å². The van der Waals surface area contributed by atoms with Gasteiger partial charge in [0.25, 0.3) is 0 Å². The zero-order valence-corrected chi connectivity index (χ0v) is 3.99. The topological polar surface area (TPSA) is 32.1 Å². The monoisotopic (exact) mass is 105 g/mol. The molecule has 1 rings (SSSR count). The summed E-state index contributed by atoms with van der Waals surface area (Å²) in [7, 11) is 0. The van der Waals surface area contributed by atoms with Crippen molar-refractivity contribution in [1.29, 1.82) is 0 Å². The second kappa shape index (κ2) is 1.47. The fourth-order valence-electron chi connectivity index (χ4n) is 0.292. The van der Waals surface area contributed by atoms with Gasteiger partial charge in [0.05, 0.1) is 10.7 Å². The predicted molar refractivity (Wildman–Crippen MR) is 24.1 cm³/mol. The van der Waals surface area contributed by atoms with Gasteiger partial charge in [0.2, 0.25) is 6.54 Å². The highest BCUT2D eigenvalue weighted by molar-refractivity contribution is 7.97. The molecule has 4 heteroatoms. The maximum absolute atomic E-state index is 10.0. The second-order valence-corrected chi connectivity index (χ2v) is 1.92. The SMILES string of the molecule is O=[N+]1CCSN1. The zero-order valence-electron chi connectivity index (χ0n) is 3.18. The molecule has 0 aromatic carbocycles. The fourth-order valence-corrected chi connectivity index (χ4v) is 0.876. The minimum Gasteiger partial charge on any atom is -0.0927 e. The first-order valence-corrected chi connectivity index (χ1v) is 2.70. The second-order valence-electron chi connectivity index (χ2n) is 1.04. The van der Waals surface area contributed by atoms with Crippen LogP contribution in [-0.4, -0.2) is 17.2 Å². The number of nitrogens with zero attached hydrogens (tertiary/aromatic N) is 1. The molecule has 0 aromatic heterocycles. The van der Waals surface area contributed by atoms with Crippen molar-refractivity contribution < 1.29 is 4.87 Å². The Kier molecular flexibility index (Phi) is 0.959. The molecule has 0 bridgehead atoms. The Morgan fingerprint density at radius 3 is 2.83 bits per heavy atom. The van der Waals surface area contributed by atoms with E-state index in [1.54, 1.807) is 0 Å². The average molecular weight is 105 g/mol.